The fraction of sp³-hybridized carbons (Fsp3) is 0.250. The van der Waals surface area contributed by atoms with Crippen LogP contribution in [0.15, 0.2) is 24.5 Å². The molecule has 0 saturated carbocycles. The SMILES string of the molecule is C/C=C/COc1cc(F)ncn1. The van der Waals surface area contributed by atoms with Crippen molar-refractivity contribution in [2.24, 2.45) is 0 Å². The van der Waals surface area contributed by atoms with Crippen LogP contribution >= 0.6 is 0 Å². The highest BCUT2D eigenvalue weighted by Crippen LogP contribution is 2.04. The Hall–Kier alpha value is -1.45. The molecule has 0 saturated heterocycles. The molecule has 1 aromatic rings. The quantitative estimate of drug-likeness (QED) is 0.507. The Labute approximate surface area is 69.9 Å². The molecule has 0 bridgehead atoms. The van der Waals surface area contributed by atoms with Gasteiger partial charge in [0.05, 0.1) is 6.07 Å². The maximum atomic E-state index is 12.4. The molecule has 1 heterocycles. The van der Waals surface area contributed by atoms with E-state index in [1.165, 1.54) is 0 Å². The minimum absolute atomic E-state index is 0.251. The van der Waals surface area contributed by atoms with Gasteiger partial charge in [-0.2, -0.15) is 4.39 Å². The van der Waals surface area contributed by atoms with E-state index in [2.05, 4.69) is 9.97 Å². The molecule has 0 aliphatic heterocycles. The number of nitrogens with zero attached hydrogens (tertiary/aromatic N) is 2. The molecule has 3 nitrogen and oxygen atoms in total. The lowest BCUT2D eigenvalue weighted by Crippen LogP contribution is -1.96. The van der Waals surface area contributed by atoms with E-state index in [1.807, 2.05) is 13.0 Å². The van der Waals surface area contributed by atoms with E-state index in [9.17, 15) is 4.39 Å². The maximum absolute atomic E-state index is 12.4. The van der Waals surface area contributed by atoms with Crippen LogP contribution in [0.1, 0.15) is 6.92 Å². The molecule has 1 aromatic heterocycles. The van der Waals surface area contributed by atoms with E-state index in [1.54, 1.807) is 6.08 Å². The summed E-state index contributed by atoms with van der Waals surface area (Å²) in [7, 11) is 0. The van der Waals surface area contributed by atoms with Crippen molar-refractivity contribution >= 4 is 0 Å². The van der Waals surface area contributed by atoms with E-state index >= 15 is 0 Å². The standard InChI is InChI=1S/C8H9FN2O/c1-2-3-4-12-8-5-7(9)10-6-11-8/h2-3,5-6H,4H2,1H3/b3-2+. The van der Waals surface area contributed by atoms with Crippen molar-refractivity contribution in [3.8, 4) is 5.88 Å². The van der Waals surface area contributed by atoms with Gasteiger partial charge in [-0.1, -0.05) is 12.2 Å². The zero-order valence-corrected chi connectivity index (χ0v) is 6.70. The lowest BCUT2D eigenvalue weighted by Gasteiger charge is -1.99. The summed E-state index contributed by atoms with van der Waals surface area (Å²) < 4.78 is 17.5. The average Bonchev–Trinajstić information content (AvgIpc) is 2.05. The lowest BCUT2D eigenvalue weighted by atomic mass is 10.5. The van der Waals surface area contributed by atoms with Crippen molar-refractivity contribution in [2.45, 2.75) is 6.92 Å². The van der Waals surface area contributed by atoms with Gasteiger partial charge in [0.1, 0.15) is 12.9 Å². The van der Waals surface area contributed by atoms with Gasteiger partial charge in [0, 0.05) is 0 Å². The highest BCUT2D eigenvalue weighted by molar-refractivity contribution is 5.06. The predicted octanol–water partition coefficient (Wildman–Crippen LogP) is 1.57. The Bertz CT molecular complexity index is 276. The van der Waals surface area contributed by atoms with Crippen LogP contribution in [-0.2, 0) is 0 Å². The van der Waals surface area contributed by atoms with E-state index in [0.29, 0.717) is 6.61 Å². The van der Waals surface area contributed by atoms with Crippen LogP contribution in [0, 0.1) is 5.95 Å². The third kappa shape index (κ3) is 2.65. The van der Waals surface area contributed by atoms with Crippen molar-refractivity contribution in [1.29, 1.82) is 0 Å². The van der Waals surface area contributed by atoms with Gasteiger partial charge in [-0.3, -0.25) is 0 Å². The molecular formula is C8H9FN2O. The number of allylic oxidation sites excluding steroid dienone is 1. The van der Waals surface area contributed by atoms with Crippen LogP contribution in [0.5, 0.6) is 5.88 Å². The summed E-state index contributed by atoms with van der Waals surface area (Å²) >= 11 is 0. The molecule has 64 valence electrons. The van der Waals surface area contributed by atoms with E-state index in [-0.39, 0.29) is 5.88 Å². The number of aromatic nitrogens is 2. The Morgan fingerprint density at radius 2 is 2.42 bits per heavy atom. The third-order valence-corrected chi connectivity index (χ3v) is 1.17. The Morgan fingerprint density at radius 1 is 1.58 bits per heavy atom. The second-order valence-electron chi connectivity index (χ2n) is 2.06. The summed E-state index contributed by atoms with van der Waals surface area (Å²) in [5, 5.41) is 0. The topological polar surface area (TPSA) is 35.0 Å². The normalized spacial score (nSPS) is 10.5. The Kier molecular flexibility index (Phi) is 3.19. The molecule has 0 atom stereocenters. The molecule has 12 heavy (non-hydrogen) atoms. The van der Waals surface area contributed by atoms with Gasteiger partial charge in [-0.15, -0.1) is 0 Å². The molecule has 0 N–H and O–H groups in total. The molecule has 4 heteroatoms. The molecular weight excluding hydrogens is 159 g/mol. The number of hydrogen-bond acceptors (Lipinski definition) is 3. The van der Waals surface area contributed by atoms with Crippen molar-refractivity contribution in [3.05, 3.63) is 30.5 Å². The monoisotopic (exact) mass is 168 g/mol. The zero-order valence-electron chi connectivity index (χ0n) is 6.70. The molecule has 1 rings (SSSR count). The molecule has 0 amide bonds. The van der Waals surface area contributed by atoms with Crippen LogP contribution in [0.3, 0.4) is 0 Å². The van der Waals surface area contributed by atoms with Crippen LogP contribution < -0.4 is 4.74 Å². The van der Waals surface area contributed by atoms with Gasteiger partial charge in [-0.25, -0.2) is 9.97 Å². The summed E-state index contributed by atoms with van der Waals surface area (Å²) in [5.74, 6) is -0.332. The summed E-state index contributed by atoms with van der Waals surface area (Å²) in [6.45, 7) is 2.27. The number of hydrogen-bond donors (Lipinski definition) is 0. The van der Waals surface area contributed by atoms with Gasteiger partial charge >= 0.3 is 0 Å². The summed E-state index contributed by atoms with van der Waals surface area (Å²) in [6, 6.07) is 1.14. The van der Waals surface area contributed by atoms with E-state index in [4.69, 9.17) is 4.74 Å². The van der Waals surface area contributed by atoms with Gasteiger partial charge < -0.3 is 4.74 Å². The molecule has 0 aliphatic rings. The fourth-order valence-corrected chi connectivity index (χ4v) is 0.626. The van der Waals surface area contributed by atoms with Crippen LogP contribution in [0.4, 0.5) is 4.39 Å². The molecule has 0 spiro atoms. The third-order valence-electron chi connectivity index (χ3n) is 1.17. The first-order valence-corrected chi connectivity index (χ1v) is 3.54. The molecule has 0 aromatic carbocycles. The van der Waals surface area contributed by atoms with Crippen LogP contribution in [-0.4, -0.2) is 16.6 Å². The van der Waals surface area contributed by atoms with Crippen LogP contribution in [0.25, 0.3) is 0 Å². The van der Waals surface area contributed by atoms with Crippen LogP contribution in [0.2, 0.25) is 0 Å². The Balaban J connectivity index is 2.52. The van der Waals surface area contributed by atoms with Gasteiger partial charge in [0.25, 0.3) is 0 Å². The maximum Gasteiger partial charge on any atom is 0.219 e. The molecule has 0 radical (unpaired) electrons. The minimum Gasteiger partial charge on any atom is -0.473 e. The van der Waals surface area contributed by atoms with Crippen molar-refractivity contribution in [2.75, 3.05) is 6.61 Å². The molecule has 0 aliphatic carbocycles. The average molecular weight is 168 g/mol. The fourth-order valence-electron chi connectivity index (χ4n) is 0.626. The first-order valence-electron chi connectivity index (χ1n) is 3.54. The smallest absolute Gasteiger partial charge is 0.219 e. The first kappa shape index (κ1) is 8.64. The summed E-state index contributed by atoms with van der Waals surface area (Å²) in [4.78, 5) is 7.00. The minimum atomic E-state index is -0.583. The predicted molar refractivity (Wildman–Crippen MR) is 42.3 cm³/mol. The molecule has 0 unspecified atom stereocenters. The van der Waals surface area contributed by atoms with Gasteiger partial charge in [-0.05, 0) is 6.92 Å². The van der Waals surface area contributed by atoms with Crippen molar-refractivity contribution in [1.82, 2.24) is 9.97 Å². The van der Waals surface area contributed by atoms with E-state index in [0.717, 1.165) is 12.4 Å². The zero-order chi connectivity index (χ0) is 8.81. The number of rotatable bonds is 3. The second kappa shape index (κ2) is 4.43. The summed E-state index contributed by atoms with van der Waals surface area (Å²) in [5.41, 5.74) is 0. The molecule has 0 fully saturated rings. The Morgan fingerprint density at radius 3 is 3.08 bits per heavy atom. The summed E-state index contributed by atoms with van der Waals surface area (Å²) in [6.07, 6.45) is 4.78. The number of halogens is 1. The largest absolute Gasteiger partial charge is 0.473 e. The van der Waals surface area contributed by atoms with Crippen molar-refractivity contribution < 1.29 is 9.13 Å². The van der Waals surface area contributed by atoms with Gasteiger partial charge in [0.2, 0.25) is 11.8 Å². The first-order chi connectivity index (χ1) is 5.83. The highest BCUT2D eigenvalue weighted by Gasteiger charge is 1.95. The lowest BCUT2D eigenvalue weighted by molar-refractivity contribution is 0.343. The number of ether oxygens (including phenoxy) is 1. The second-order valence-corrected chi connectivity index (χ2v) is 2.06. The van der Waals surface area contributed by atoms with Crippen molar-refractivity contribution in [3.63, 3.8) is 0 Å². The highest BCUT2D eigenvalue weighted by atomic mass is 19.1. The van der Waals surface area contributed by atoms with Gasteiger partial charge in [0.15, 0.2) is 0 Å². The van der Waals surface area contributed by atoms with E-state index < -0.39 is 5.95 Å².